The summed E-state index contributed by atoms with van der Waals surface area (Å²) < 4.78 is 2.33. The van der Waals surface area contributed by atoms with E-state index in [1.807, 2.05) is 0 Å². The number of pyridine rings is 1. The molecule has 0 spiro atoms. The van der Waals surface area contributed by atoms with Crippen LogP contribution >= 0.6 is 0 Å². The van der Waals surface area contributed by atoms with Crippen LogP contribution < -0.4 is 33.4 Å². The van der Waals surface area contributed by atoms with Crippen LogP contribution in [-0.2, 0) is 0 Å². The normalized spacial score (nSPS) is 14.6. The first-order valence-corrected chi connectivity index (χ1v) is 8.80. The zero-order chi connectivity index (χ0) is 17.4. The lowest BCUT2D eigenvalue weighted by Crippen LogP contribution is -3.00. The third-order valence-electron chi connectivity index (χ3n) is 4.89. The van der Waals surface area contributed by atoms with Gasteiger partial charge in [-0.15, -0.1) is 0 Å². The molecule has 0 radical (unpaired) electrons. The van der Waals surface area contributed by atoms with Gasteiger partial charge in [0.1, 0.15) is 0 Å². The minimum Gasteiger partial charge on any atom is -1.00 e. The summed E-state index contributed by atoms with van der Waals surface area (Å²) in [6.45, 7) is 4.44. The van der Waals surface area contributed by atoms with Gasteiger partial charge in [0, 0.05) is 30.6 Å². The van der Waals surface area contributed by atoms with Crippen LogP contribution in [-0.4, -0.2) is 7.05 Å². The van der Waals surface area contributed by atoms with E-state index in [1.54, 1.807) is 0 Å². The van der Waals surface area contributed by atoms with Gasteiger partial charge in [0.25, 0.3) is 0 Å². The number of halogens is 1. The standard InChI is InChI=1S/C23H23N2.HI/c1-17(2)25-15-14-19(21-9-5-7-11-23(21)25)16-20-13-12-18-8-4-6-10-22(18)24(20)3;/h4-17H,1-3H3;1H/q+1;/p-1. The Morgan fingerprint density at radius 2 is 1.65 bits per heavy atom. The Morgan fingerprint density at radius 1 is 0.923 bits per heavy atom. The highest BCUT2D eigenvalue weighted by molar-refractivity contribution is 5.88. The molecule has 0 amide bonds. The number of allylic oxidation sites excluding steroid dienone is 1. The van der Waals surface area contributed by atoms with Gasteiger partial charge in [-0.05, 0) is 49.3 Å². The zero-order valence-electron chi connectivity index (χ0n) is 15.4. The molecule has 0 bridgehead atoms. The summed E-state index contributed by atoms with van der Waals surface area (Å²) in [6.07, 6.45) is 8.86. The highest BCUT2D eigenvalue weighted by Crippen LogP contribution is 2.31. The molecule has 0 fully saturated rings. The van der Waals surface area contributed by atoms with Crippen molar-refractivity contribution in [3.8, 4) is 0 Å². The summed E-state index contributed by atoms with van der Waals surface area (Å²) in [4.78, 5) is 2.26. The van der Waals surface area contributed by atoms with E-state index in [2.05, 4.69) is 109 Å². The van der Waals surface area contributed by atoms with Gasteiger partial charge in [0.05, 0.1) is 5.39 Å². The number of likely N-dealkylation sites (N-methyl/N-ethyl adjacent to an activating group) is 1. The zero-order valence-corrected chi connectivity index (χ0v) is 17.5. The van der Waals surface area contributed by atoms with Gasteiger partial charge in [-0.1, -0.05) is 36.4 Å². The Labute approximate surface area is 172 Å². The summed E-state index contributed by atoms with van der Waals surface area (Å²) in [5.74, 6) is 0. The van der Waals surface area contributed by atoms with Crippen LogP contribution in [0, 0.1) is 0 Å². The minimum atomic E-state index is 0. The summed E-state index contributed by atoms with van der Waals surface area (Å²) in [5, 5.41) is 1.28. The maximum atomic E-state index is 2.33. The Morgan fingerprint density at radius 3 is 2.46 bits per heavy atom. The van der Waals surface area contributed by atoms with Crippen molar-refractivity contribution in [1.29, 1.82) is 0 Å². The number of para-hydroxylation sites is 2. The van der Waals surface area contributed by atoms with E-state index < -0.39 is 0 Å². The fourth-order valence-corrected chi connectivity index (χ4v) is 3.51. The van der Waals surface area contributed by atoms with Crippen LogP contribution in [0.4, 0.5) is 5.69 Å². The van der Waals surface area contributed by atoms with Crippen LogP contribution in [0.3, 0.4) is 0 Å². The molecule has 0 saturated carbocycles. The van der Waals surface area contributed by atoms with Crippen LogP contribution in [0.25, 0.3) is 23.1 Å². The van der Waals surface area contributed by atoms with E-state index in [-0.39, 0.29) is 24.0 Å². The molecule has 0 unspecified atom stereocenters. The molecule has 4 rings (SSSR count). The molecule has 2 aromatic carbocycles. The molecule has 0 aliphatic carbocycles. The van der Waals surface area contributed by atoms with E-state index in [9.17, 15) is 0 Å². The lowest BCUT2D eigenvalue weighted by atomic mass is 10.0. The molecule has 3 heteroatoms. The predicted octanol–water partition coefficient (Wildman–Crippen LogP) is 2.22. The SMILES string of the molecule is CC(C)[n+]1ccc(/C=C2/C=Cc3ccccc3N2C)c2ccccc21.[I-]. The molecule has 0 N–H and O–H groups in total. The van der Waals surface area contributed by atoms with Crippen molar-refractivity contribution >= 4 is 28.7 Å². The first kappa shape index (κ1) is 18.6. The maximum Gasteiger partial charge on any atom is 0.213 e. The topological polar surface area (TPSA) is 7.12 Å². The molecule has 1 aromatic heterocycles. The molecule has 26 heavy (non-hydrogen) atoms. The van der Waals surface area contributed by atoms with Crippen LogP contribution in [0.1, 0.15) is 31.0 Å². The summed E-state index contributed by atoms with van der Waals surface area (Å²) >= 11 is 0. The minimum absolute atomic E-state index is 0. The lowest BCUT2D eigenvalue weighted by molar-refractivity contribution is -0.691. The molecule has 0 atom stereocenters. The maximum absolute atomic E-state index is 2.33. The van der Waals surface area contributed by atoms with Crippen molar-refractivity contribution in [2.45, 2.75) is 19.9 Å². The molecular weight excluding hydrogens is 431 g/mol. The Bertz CT molecular complexity index is 1000. The number of anilines is 1. The van der Waals surface area contributed by atoms with E-state index in [1.165, 1.54) is 33.4 Å². The average Bonchev–Trinajstić information content (AvgIpc) is 2.64. The summed E-state index contributed by atoms with van der Waals surface area (Å²) in [5.41, 5.74) is 6.23. The Hall–Kier alpha value is -2.14. The number of nitrogens with zero attached hydrogens (tertiary/aromatic N) is 2. The molecule has 0 saturated heterocycles. The quantitative estimate of drug-likeness (QED) is 0.426. The largest absolute Gasteiger partial charge is 1.00 e. The molecular formula is C23H23IN2. The second kappa shape index (κ2) is 7.62. The number of hydrogen-bond donors (Lipinski definition) is 0. The van der Waals surface area contributed by atoms with Crippen LogP contribution in [0.2, 0.25) is 0 Å². The van der Waals surface area contributed by atoms with Gasteiger partial charge in [-0.3, -0.25) is 0 Å². The van der Waals surface area contributed by atoms with Crippen LogP contribution in [0.5, 0.6) is 0 Å². The summed E-state index contributed by atoms with van der Waals surface area (Å²) in [6, 6.07) is 19.8. The average molecular weight is 454 g/mol. The highest BCUT2D eigenvalue weighted by atomic mass is 127. The molecule has 2 nitrogen and oxygen atoms in total. The predicted molar refractivity (Wildman–Crippen MR) is 106 cm³/mol. The van der Waals surface area contributed by atoms with E-state index >= 15 is 0 Å². The molecule has 1 aliphatic heterocycles. The molecule has 132 valence electrons. The first-order chi connectivity index (χ1) is 12.1. The van der Waals surface area contributed by atoms with Crippen molar-refractivity contribution in [2.24, 2.45) is 0 Å². The third kappa shape index (κ3) is 3.28. The van der Waals surface area contributed by atoms with Gasteiger partial charge in [-0.2, -0.15) is 4.57 Å². The van der Waals surface area contributed by atoms with Crippen molar-refractivity contribution < 1.29 is 28.5 Å². The second-order valence-corrected chi connectivity index (χ2v) is 6.81. The number of aromatic nitrogens is 1. The van der Waals surface area contributed by atoms with Gasteiger partial charge in [-0.25, -0.2) is 0 Å². The monoisotopic (exact) mass is 454 g/mol. The van der Waals surface area contributed by atoms with Crippen molar-refractivity contribution in [2.75, 3.05) is 11.9 Å². The molecule has 3 aromatic rings. The highest BCUT2D eigenvalue weighted by Gasteiger charge is 2.16. The Balaban J connectivity index is 0.00000196. The lowest BCUT2D eigenvalue weighted by Gasteiger charge is -2.26. The van der Waals surface area contributed by atoms with E-state index in [4.69, 9.17) is 0 Å². The van der Waals surface area contributed by atoms with E-state index in [0.29, 0.717) is 6.04 Å². The van der Waals surface area contributed by atoms with Crippen molar-refractivity contribution in [3.05, 3.63) is 83.7 Å². The van der Waals surface area contributed by atoms with Gasteiger partial charge in [0.2, 0.25) is 5.52 Å². The van der Waals surface area contributed by atoms with E-state index in [0.717, 1.165) is 0 Å². The van der Waals surface area contributed by atoms with Crippen molar-refractivity contribution in [3.63, 3.8) is 0 Å². The number of hydrogen-bond acceptors (Lipinski definition) is 1. The van der Waals surface area contributed by atoms with Gasteiger partial charge >= 0.3 is 0 Å². The molecule has 2 heterocycles. The fraction of sp³-hybridized carbons (Fsp3) is 0.174. The smallest absolute Gasteiger partial charge is 0.213 e. The third-order valence-corrected chi connectivity index (χ3v) is 4.89. The fourth-order valence-electron chi connectivity index (χ4n) is 3.51. The number of rotatable bonds is 2. The van der Waals surface area contributed by atoms with Gasteiger partial charge < -0.3 is 28.9 Å². The number of fused-ring (bicyclic) bond motifs is 2. The van der Waals surface area contributed by atoms with Crippen molar-refractivity contribution in [1.82, 2.24) is 0 Å². The number of benzene rings is 2. The second-order valence-electron chi connectivity index (χ2n) is 6.81. The Kier molecular flexibility index (Phi) is 5.47. The first-order valence-electron chi connectivity index (χ1n) is 8.80. The van der Waals surface area contributed by atoms with Gasteiger partial charge in [0.15, 0.2) is 12.2 Å². The summed E-state index contributed by atoms with van der Waals surface area (Å²) in [7, 11) is 2.13. The molecule has 1 aliphatic rings. The van der Waals surface area contributed by atoms with Crippen LogP contribution in [0.15, 0.2) is 72.6 Å².